The number of halogens is 3. The highest BCUT2D eigenvalue weighted by Crippen LogP contribution is 2.25. The Kier molecular flexibility index (Phi) is 8.69. The fraction of sp³-hybridized carbons (Fsp3) is 0.226. The van der Waals surface area contributed by atoms with Gasteiger partial charge in [0.1, 0.15) is 17.1 Å². The van der Waals surface area contributed by atoms with Crippen molar-refractivity contribution in [1.82, 2.24) is 19.3 Å². The van der Waals surface area contributed by atoms with E-state index >= 15 is 0 Å². The minimum absolute atomic E-state index is 0.296. The first kappa shape index (κ1) is 29.4. The summed E-state index contributed by atoms with van der Waals surface area (Å²) in [6.07, 6.45) is -1.84. The highest BCUT2D eigenvalue weighted by molar-refractivity contribution is 7.80. The Morgan fingerprint density at radius 3 is 2.43 bits per heavy atom. The maximum Gasteiger partial charge on any atom is 0.573 e. The molecular formula is C31H28F3N5OS2. The minimum Gasteiger partial charge on any atom is -0.406 e. The van der Waals surface area contributed by atoms with Crippen molar-refractivity contribution in [1.29, 1.82) is 0 Å². The molecule has 0 N–H and O–H groups in total. The van der Waals surface area contributed by atoms with Gasteiger partial charge in [-0.15, -0.1) is 29.6 Å². The summed E-state index contributed by atoms with van der Waals surface area (Å²) in [4.78, 5) is 10.7. The molecule has 0 aliphatic carbocycles. The van der Waals surface area contributed by atoms with Crippen molar-refractivity contribution >= 4 is 28.5 Å². The zero-order valence-corrected chi connectivity index (χ0v) is 24.8. The molecule has 5 rings (SSSR count). The van der Waals surface area contributed by atoms with Crippen LogP contribution in [0.2, 0.25) is 0 Å². The monoisotopic (exact) mass is 607 g/mol. The van der Waals surface area contributed by atoms with Gasteiger partial charge in [-0.3, -0.25) is 4.57 Å². The second-order valence-electron chi connectivity index (χ2n) is 9.97. The molecule has 0 spiro atoms. The van der Waals surface area contributed by atoms with Gasteiger partial charge < -0.3 is 4.74 Å². The van der Waals surface area contributed by atoms with Gasteiger partial charge in [0.05, 0.1) is 11.4 Å². The van der Waals surface area contributed by atoms with Crippen LogP contribution in [0.4, 0.5) is 13.2 Å². The molecule has 6 nitrogen and oxygen atoms in total. The lowest BCUT2D eigenvalue weighted by Gasteiger charge is -2.15. The summed E-state index contributed by atoms with van der Waals surface area (Å²) in [7, 11) is 0. The summed E-state index contributed by atoms with van der Waals surface area (Å²) in [6, 6.07) is 21.7. The quantitative estimate of drug-likeness (QED) is 0.168. The van der Waals surface area contributed by atoms with Crippen LogP contribution in [0, 0.1) is 6.92 Å². The molecule has 0 saturated carbocycles. The van der Waals surface area contributed by atoms with Gasteiger partial charge in [-0.2, -0.15) is 0 Å². The fourth-order valence-corrected chi connectivity index (χ4v) is 5.64. The van der Waals surface area contributed by atoms with E-state index in [1.165, 1.54) is 40.8 Å². The predicted octanol–water partition coefficient (Wildman–Crippen LogP) is 7.98. The molecule has 42 heavy (non-hydrogen) atoms. The van der Waals surface area contributed by atoms with E-state index < -0.39 is 6.36 Å². The molecule has 11 heteroatoms. The smallest absolute Gasteiger partial charge is 0.406 e. The summed E-state index contributed by atoms with van der Waals surface area (Å²) >= 11 is 7.25. The van der Waals surface area contributed by atoms with E-state index in [-0.39, 0.29) is 5.75 Å². The average Bonchev–Trinajstić information content (AvgIpc) is 3.59. The van der Waals surface area contributed by atoms with Gasteiger partial charge in [-0.25, -0.2) is 14.7 Å². The van der Waals surface area contributed by atoms with E-state index in [1.807, 2.05) is 30.3 Å². The van der Waals surface area contributed by atoms with E-state index in [1.54, 1.807) is 11.3 Å². The van der Waals surface area contributed by atoms with E-state index in [2.05, 4.69) is 63.7 Å². The number of hydrogen-bond donors (Lipinski definition) is 0. The SMILES string of the molecule is Cc1csc(=NC(=S)CCc2ccc(-c3ncn(-c4ccc(OC(F)(F)F)cc4)n3)cc2)n1-c1ccccc1C(C)C. The van der Waals surface area contributed by atoms with Crippen molar-refractivity contribution in [2.75, 3.05) is 0 Å². The lowest BCUT2D eigenvalue weighted by atomic mass is 10.0. The average molecular weight is 608 g/mol. The van der Waals surface area contributed by atoms with Crippen molar-refractivity contribution in [3.63, 3.8) is 0 Å². The van der Waals surface area contributed by atoms with Crippen LogP contribution in [0.3, 0.4) is 0 Å². The Morgan fingerprint density at radius 2 is 1.74 bits per heavy atom. The van der Waals surface area contributed by atoms with Crippen LogP contribution in [0.5, 0.6) is 5.75 Å². The molecule has 0 atom stereocenters. The number of benzene rings is 3. The van der Waals surface area contributed by atoms with Crippen LogP contribution in [0.25, 0.3) is 22.8 Å². The second-order valence-corrected chi connectivity index (χ2v) is 11.3. The molecule has 0 bridgehead atoms. The molecule has 0 saturated heterocycles. The summed E-state index contributed by atoms with van der Waals surface area (Å²) in [5, 5.41) is 6.56. The molecule has 0 unspecified atom stereocenters. The minimum atomic E-state index is -4.74. The van der Waals surface area contributed by atoms with Crippen molar-refractivity contribution in [3.05, 3.63) is 106 Å². The maximum atomic E-state index is 12.4. The summed E-state index contributed by atoms with van der Waals surface area (Å²) < 4.78 is 44.8. The van der Waals surface area contributed by atoms with Gasteiger partial charge in [0.25, 0.3) is 0 Å². The topological polar surface area (TPSA) is 57.2 Å². The molecule has 2 aromatic heterocycles. The lowest BCUT2D eigenvalue weighted by molar-refractivity contribution is -0.274. The Balaban J connectivity index is 1.24. The highest BCUT2D eigenvalue weighted by atomic mass is 32.1. The molecule has 2 heterocycles. The van der Waals surface area contributed by atoms with Crippen LogP contribution < -0.4 is 9.54 Å². The number of aryl methyl sites for hydroxylation is 2. The first-order valence-electron chi connectivity index (χ1n) is 13.3. The Morgan fingerprint density at radius 1 is 1.02 bits per heavy atom. The van der Waals surface area contributed by atoms with Gasteiger partial charge in [0, 0.05) is 23.1 Å². The zero-order valence-electron chi connectivity index (χ0n) is 23.2. The van der Waals surface area contributed by atoms with Gasteiger partial charge >= 0.3 is 6.36 Å². The van der Waals surface area contributed by atoms with Crippen molar-refractivity contribution < 1.29 is 17.9 Å². The zero-order chi connectivity index (χ0) is 29.9. The molecule has 216 valence electrons. The third kappa shape index (κ3) is 7.03. The Hall–Kier alpha value is -4.09. The summed E-state index contributed by atoms with van der Waals surface area (Å²) in [5.74, 6) is 0.589. The number of nitrogens with zero attached hydrogens (tertiary/aromatic N) is 5. The maximum absolute atomic E-state index is 12.4. The van der Waals surface area contributed by atoms with Crippen LogP contribution in [-0.2, 0) is 6.42 Å². The van der Waals surface area contributed by atoms with Crippen LogP contribution >= 0.6 is 23.6 Å². The standard InChI is InChI=1S/C31H28F3N5OS2/c1-20(2)26-6-4-5-7-27(26)39-21(3)18-42-30(39)36-28(41)17-10-22-8-11-23(12-9-22)29-35-19-38(37-29)24-13-15-25(16-14-24)40-31(32,33)34/h4-9,11-16,18-20H,10,17H2,1-3H3. The lowest BCUT2D eigenvalue weighted by Crippen LogP contribution is -2.18. The molecule has 0 fully saturated rings. The van der Waals surface area contributed by atoms with E-state index in [9.17, 15) is 13.2 Å². The summed E-state index contributed by atoms with van der Waals surface area (Å²) in [6.45, 7) is 6.46. The van der Waals surface area contributed by atoms with E-state index in [0.717, 1.165) is 33.7 Å². The molecule has 3 aromatic carbocycles. The van der Waals surface area contributed by atoms with Crippen molar-refractivity contribution in [3.8, 4) is 28.5 Å². The number of ether oxygens (including phenoxy) is 1. The third-order valence-electron chi connectivity index (χ3n) is 6.57. The van der Waals surface area contributed by atoms with Crippen molar-refractivity contribution in [2.45, 2.75) is 45.9 Å². The van der Waals surface area contributed by atoms with E-state index in [4.69, 9.17) is 17.2 Å². The predicted molar refractivity (Wildman–Crippen MR) is 162 cm³/mol. The molecule has 0 amide bonds. The first-order valence-corrected chi connectivity index (χ1v) is 14.6. The largest absolute Gasteiger partial charge is 0.573 e. The van der Waals surface area contributed by atoms with Crippen molar-refractivity contribution in [2.24, 2.45) is 4.99 Å². The van der Waals surface area contributed by atoms with Gasteiger partial charge in [-0.1, -0.05) is 68.5 Å². The fourth-order valence-electron chi connectivity index (χ4n) is 4.50. The van der Waals surface area contributed by atoms with E-state index in [0.29, 0.717) is 28.8 Å². The van der Waals surface area contributed by atoms with Gasteiger partial charge in [-0.05, 0) is 60.7 Å². The third-order valence-corrected chi connectivity index (χ3v) is 7.80. The number of rotatable bonds is 8. The number of hydrogen-bond acceptors (Lipinski definition) is 5. The highest BCUT2D eigenvalue weighted by Gasteiger charge is 2.31. The molecule has 0 aliphatic heterocycles. The molecule has 0 aliphatic rings. The van der Waals surface area contributed by atoms with Gasteiger partial charge in [0.2, 0.25) is 0 Å². The van der Waals surface area contributed by atoms with Crippen LogP contribution in [0.1, 0.15) is 43.0 Å². The first-order chi connectivity index (χ1) is 20.1. The second kappa shape index (κ2) is 12.4. The number of aromatic nitrogens is 4. The molecule has 5 aromatic rings. The Labute approximate surface area is 250 Å². The number of thiocarbonyl (C=S) groups is 1. The van der Waals surface area contributed by atoms with Gasteiger partial charge in [0.15, 0.2) is 10.6 Å². The number of thiazole rings is 1. The molecular weight excluding hydrogens is 580 g/mol. The van der Waals surface area contributed by atoms with Crippen LogP contribution in [0.15, 0.2) is 89.5 Å². The number of para-hydroxylation sites is 1. The summed E-state index contributed by atoms with van der Waals surface area (Å²) in [5.41, 5.74) is 6.00. The normalized spacial score (nSPS) is 12.2. The number of alkyl halides is 3. The molecule has 0 radical (unpaired) electrons. The Bertz CT molecular complexity index is 1750. The van der Waals surface area contributed by atoms with Crippen LogP contribution in [-0.4, -0.2) is 30.7 Å².